The maximum atomic E-state index is 12.9. The van der Waals surface area contributed by atoms with Gasteiger partial charge >= 0.3 is 6.03 Å². The standard InChI is InChI=1S/C21H26N6O/c28-21(23-16-18-6-1-2-8-20(18)27-13-5-10-24-27)26-12-4-3-7-19(26)9-14-25-15-11-22-17-25/h1-2,5-6,8,10-11,13,15,17,19H,3-4,7,9,12,14,16H2,(H,23,28)/t19-/m0/s1. The molecule has 1 N–H and O–H groups in total. The minimum atomic E-state index is 0.0191. The molecule has 2 amide bonds. The third-order valence-electron chi connectivity index (χ3n) is 5.34. The van der Waals surface area contributed by atoms with Crippen molar-refractivity contribution >= 4 is 6.03 Å². The van der Waals surface area contributed by atoms with Crippen molar-refractivity contribution in [2.75, 3.05) is 6.54 Å². The van der Waals surface area contributed by atoms with Gasteiger partial charge in [-0.2, -0.15) is 5.10 Å². The first-order valence-corrected chi connectivity index (χ1v) is 9.89. The topological polar surface area (TPSA) is 68.0 Å². The van der Waals surface area contributed by atoms with E-state index in [1.165, 1.54) is 6.42 Å². The molecule has 1 aliphatic heterocycles. The Balaban J connectivity index is 1.38. The first-order valence-electron chi connectivity index (χ1n) is 9.89. The van der Waals surface area contributed by atoms with E-state index in [2.05, 4.69) is 20.0 Å². The number of aryl methyl sites for hydroxylation is 1. The van der Waals surface area contributed by atoms with Crippen LogP contribution in [0.5, 0.6) is 0 Å². The van der Waals surface area contributed by atoms with E-state index in [1.54, 1.807) is 12.4 Å². The second-order valence-corrected chi connectivity index (χ2v) is 7.17. The summed E-state index contributed by atoms with van der Waals surface area (Å²) in [5, 5.41) is 7.43. The number of amides is 2. The third kappa shape index (κ3) is 4.24. The van der Waals surface area contributed by atoms with Gasteiger partial charge in [-0.15, -0.1) is 0 Å². The summed E-state index contributed by atoms with van der Waals surface area (Å²) in [7, 11) is 0. The number of nitrogens with one attached hydrogen (secondary N) is 1. The first-order chi connectivity index (χ1) is 13.8. The number of benzene rings is 1. The highest BCUT2D eigenvalue weighted by Crippen LogP contribution is 2.21. The minimum absolute atomic E-state index is 0.0191. The molecule has 3 heterocycles. The minimum Gasteiger partial charge on any atom is -0.337 e. The van der Waals surface area contributed by atoms with Crippen molar-refractivity contribution in [3.05, 3.63) is 67.0 Å². The molecule has 3 aromatic rings. The molecular weight excluding hydrogens is 352 g/mol. The maximum absolute atomic E-state index is 12.9. The number of rotatable bonds is 6. The molecule has 0 spiro atoms. The number of imidazole rings is 1. The number of hydrogen-bond acceptors (Lipinski definition) is 3. The van der Waals surface area contributed by atoms with E-state index in [1.807, 2.05) is 58.6 Å². The van der Waals surface area contributed by atoms with Crippen LogP contribution in [0.1, 0.15) is 31.2 Å². The number of carbonyl (C=O) groups is 1. The van der Waals surface area contributed by atoms with Crippen LogP contribution < -0.4 is 5.32 Å². The number of hydrogen-bond donors (Lipinski definition) is 1. The van der Waals surface area contributed by atoms with Crippen LogP contribution in [0, 0.1) is 0 Å². The molecule has 0 saturated carbocycles. The monoisotopic (exact) mass is 378 g/mol. The number of nitrogens with zero attached hydrogens (tertiary/aromatic N) is 5. The fraction of sp³-hybridized carbons (Fsp3) is 0.381. The van der Waals surface area contributed by atoms with Gasteiger partial charge in [0, 0.05) is 50.5 Å². The van der Waals surface area contributed by atoms with Crippen molar-refractivity contribution in [3.8, 4) is 5.69 Å². The van der Waals surface area contributed by atoms with Crippen LogP contribution in [0.4, 0.5) is 4.79 Å². The number of para-hydroxylation sites is 1. The summed E-state index contributed by atoms with van der Waals surface area (Å²) in [5.41, 5.74) is 2.04. The van der Waals surface area contributed by atoms with E-state index in [9.17, 15) is 4.79 Å². The predicted molar refractivity (Wildman–Crippen MR) is 107 cm³/mol. The summed E-state index contributed by atoms with van der Waals surface area (Å²) in [6.07, 6.45) is 13.5. The van der Waals surface area contributed by atoms with Gasteiger partial charge in [0.25, 0.3) is 0 Å². The SMILES string of the molecule is O=C(NCc1ccccc1-n1cccn1)N1CCCC[C@H]1CCn1ccnc1. The smallest absolute Gasteiger partial charge is 0.317 e. The van der Waals surface area contributed by atoms with Gasteiger partial charge in [0.15, 0.2) is 0 Å². The number of aromatic nitrogens is 4. The fourth-order valence-corrected chi connectivity index (χ4v) is 3.85. The molecule has 1 aliphatic rings. The van der Waals surface area contributed by atoms with Gasteiger partial charge in [0.2, 0.25) is 0 Å². The Kier molecular flexibility index (Phi) is 5.70. The fourth-order valence-electron chi connectivity index (χ4n) is 3.85. The predicted octanol–water partition coefficient (Wildman–Crippen LogP) is 3.22. The molecule has 1 fully saturated rings. The van der Waals surface area contributed by atoms with Crippen molar-refractivity contribution in [3.63, 3.8) is 0 Å². The maximum Gasteiger partial charge on any atom is 0.317 e. The largest absolute Gasteiger partial charge is 0.337 e. The Bertz CT molecular complexity index is 874. The van der Waals surface area contributed by atoms with Gasteiger partial charge in [-0.25, -0.2) is 14.5 Å². The lowest BCUT2D eigenvalue weighted by Crippen LogP contribution is -2.48. The number of urea groups is 1. The van der Waals surface area contributed by atoms with E-state index in [0.717, 1.165) is 43.6 Å². The Morgan fingerprint density at radius 2 is 2.07 bits per heavy atom. The van der Waals surface area contributed by atoms with Crippen LogP contribution in [-0.2, 0) is 13.1 Å². The van der Waals surface area contributed by atoms with E-state index in [-0.39, 0.29) is 12.1 Å². The van der Waals surface area contributed by atoms with Crippen LogP contribution in [0.25, 0.3) is 5.69 Å². The number of likely N-dealkylation sites (tertiary alicyclic amines) is 1. The van der Waals surface area contributed by atoms with Gasteiger partial charge in [0.1, 0.15) is 0 Å². The lowest BCUT2D eigenvalue weighted by atomic mass is 9.99. The lowest BCUT2D eigenvalue weighted by molar-refractivity contribution is 0.143. The summed E-state index contributed by atoms with van der Waals surface area (Å²) in [5.74, 6) is 0. The number of carbonyl (C=O) groups excluding carboxylic acids is 1. The van der Waals surface area contributed by atoms with Gasteiger partial charge in [-0.3, -0.25) is 0 Å². The Morgan fingerprint density at radius 3 is 2.89 bits per heavy atom. The Hall–Kier alpha value is -3.09. The van der Waals surface area contributed by atoms with E-state index in [0.29, 0.717) is 6.54 Å². The molecule has 7 heteroatoms. The van der Waals surface area contributed by atoms with Crippen molar-refractivity contribution in [1.82, 2.24) is 29.5 Å². The molecular formula is C21H26N6O. The molecule has 28 heavy (non-hydrogen) atoms. The summed E-state index contributed by atoms with van der Waals surface area (Å²) >= 11 is 0. The molecule has 0 bridgehead atoms. The van der Waals surface area contributed by atoms with Crippen molar-refractivity contribution in [2.45, 2.75) is 44.8 Å². The summed E-state index contributed by atoms with van der Waals surface area (Å²) in [6, 6.07) is 10.2. The molecule has 146 valence electrons. The molecule has 1 atom stereocenters. The average Bonchev–Trinajstić information content (AvgIpc) is 3.45. The molecule has 4 rings (SSSR count). The van der Waals surface area contributed by atoms with Crippen molar-refractivity contribution in [1.29, 1.82) is 0 Å². The number of piperidine rings is 1. The average molecular weight is 378 g/mol. The van der Waals surface area contributed by atoms with E-state index in [4.69, 9.17) is 0 Å². The quantitative estimate of drug-likeness (QED) is 0.716. The zero-order valence-electron chi connectivity index (χ0n) is 15.9. The molecule has 0 aliphatic carbocycles. The van der Waals surface area contributed by atoms with Crippen LogP contribution in [0.2, 0.25) is 0 Å². The lowest BCUT2D eigenvalue weighted by Gasteiger charge is -2.36. The summed E-state index contributed by atoms with van der Waals surface area (Å²) in [4.78, 5) is 19.0. The van der Waals surface area contributed by atoms with Gasteiger partial charge in [-0.1, -0.05) is 18.2 Å². The molecule has 7 nitrogen and oxygen atoms in total. The Morgan fingerprint density at radius 1 is 1.14 bits per heavy atom. The van der Waals surface area contributed by atoms with Crippen LogP contribution >= 0.6 is 0 Å². The third-order valence-corrected chi connectivity index (χ3v) is 5.34. The van der Waals surface area contributed by atoms with E-state index >= 15 is 0 Å². The second kappa shape index (κ2) is 8.73. The Labute approximate surface area is 165 Å². The molecule has 0 radical (unpaired) electrons. The highest BCUT2D eigenvalue weighted by Gasteiger charge is 2.26. The molecule has 0 unspecified atom stereocenters. The van der Waals surface area contributed by atoms with Gasteiger partial charge in [0.05, 0.1) is 12.0 Å². The molecule has 1 saturated heterocycles. The van der Waals surface area contributed by atoms with Crippen molar-refractivity contribution in [2.24, 2.45) is 0 Å². The van der Waals surface area contributed by atoms with Crippen LogP contribution in [-0.4, -0.2) is 42.8 Å². The normalized spacial score (nSPS) is 16.9. The van der Waals surface area contributed by atoms with Crippen molar-refractivity contribution < 1.29 is 4.79 Å². The zero-order valence-corrected chi connectivity index (χ0v) is 15.9. The highest BCUT2D eigenvalue weighted by molar-refractivity contribution is 5.74. The van der Waals surface area contributed by atoms with E-state index < -0.39 is 0 Å². The van der Waals surface area contributed by atoms with Crippen LogP contribution in [0.15, 0.2) is 61.4 Å². The summed E-state index contributed by atoms with van der Waals surface area (Å²) in [6.45, 7) is 2.19. The first kappa shape index (κ1) is 18.3. The molecule has 2 aromatic heterocycles. The molecule has 1 aromatic carbocycles. The van der Waals surface area contributed by atoms with Gasteiger partial charge in [-0.05, 0) is 43.4 Å². The summed E-state index contributed by atoms with van der Waals surface area (Å²) < 4.78 is 3.90. The van der Waals surface area contributed by atoms with Crippen LogP contribution in [0.3, 0.4) is 0 Å². The van der Waals surface area contributed by atoms with Gasteiger partial charge < -0.3 is 14.8 Å². The zero-order chi connectivity index (χ0) is 19.2. The highest BCUT2D eigenvalue weighted by atomic mass is 16.2. The second-order valence-electron chi connectivity index (χ2n) is 7.17.